The first-order valence-electron chi connectivity index (χ1n) is 7.45. The Hall–Kier alpha value is -2.40. The second kappa shape index (κ2) is 5.93. The van der Waals surface area contributed by atoms with Gasteiger partial charge in [-0.1, -0.05) is 42.8 Å². The molecule has 1 aliphatic carbocycles. The highest BCUT2D eigenvalue weighted by atomic mass is 16.1. The Bertz CT molecular complexity index is 756. The van der Waals surface area contributed by atoms with E-state index in [4.69, 9.17) is 0 Å². The maximum atomic E-state index is 12.6. The van der Waals surface area contributed by atoms with Crippen molar-refractivity contribution < 1.29 is 4.79 Å². The molecule has 104 valence electrons. The zero-order valence-electron chi connectivity index (χ0n) is 11.9. The summed E-state index contributed by atoms with van der Waals surface area (Å²) in [6.45, 7) is 0. The van der Waals surface area contributed by atoms with Crippen LogP contribution in [0.5, 0.6) is 0 Å². The second-order valence-corrected chi connectivity index (χ2v) is 5.54. The van der Waals surface area contributed by atoms with Gasteiger partial charge in [-0.2, -0.15) is 5.26 Å². The van der Waals surface area contributed by atoms with Gasteiger partial charge in [-0.25, -0.2) is 0 Å². The number of fused-ring (bicyclic) bond motifs is 1. The van der Waals surface area contributed by atoms with Gasteiger partial charge in [0.2, 0.25) is 5.78 Å². The number of carbonyl (C=O) groups is 1. The van der Waals surface area contributed by atoms with E-state index in [0.29, 0.717) is 11.1 Å². The fourth-order valence-electron chi connectivity index (χ4n) is 2.99. The smallest absolute Gasteiger partial charge is 0.203 e. The average Bonchev–Trinajstić information content (AvgIpc) is 2.56. The standard InChI is InChI=1S/C19H17NO/c20-13-18(15-7-2-1-3-8-15)19(21)17-11-10-14-6-4-5-9-16(14)12-17/h4-6,9-12H,1-3,7-8H2. The van der Waals surface area contributed by atoms with Crippen LogP contribution in [0.25, 0.3) is 10.8 Å². The zero-order chi connectivity index (χ0) is 14.7. The molecule has 1 saturated carbocycles. The molecule has 0 aromatic heterocycles. The lowest BCUT2D eigenvalue weighted by Crippen LogP contribution is -2.07. The molecule has 1 aliphatic rings. The lowest BCUT2D eigenvalue weighted by molar-refractivity contribution is 0.103. The molecule has 0 atom stereocenters. The van der Waals surface area contributed by atoms with Crippen molar-refractivity contribution in [1.29, 1.82) is 5.26 Å². The molecule has 21 heavy (non-hydrogen) atoms. The molecule has 0 bridgehead atoms. The molecule has 0 heterocycles. The first-order chi connectivity index (χ1) is 10.3. The third-order valence-electron chi connectivity index (χ3n) is 4.16. The maximum absolute atomic E-state index is 12.6. The topological polar surface area (TPSA) is 40.9 Å². The highest BCUT2D eigenvalue weighted by molar-refractivity contribution is 6.13. The van der Waals surface area contributed by atoms with Gasteiger partial charge in [-0.3, -0.25) is 4.79 Å². The summed E-state index contributed by atoms with van der Waals surface area (Å²) >= 11 is 0. The Balaban J connectivity index is 2.00. The van der Waals surface area contributed by atoms with E-state index in [1.54, 1.807) is 0 Å². The van der Waals surface area contributed by atoms with Crippen LogP contribution in [0.1, 0.15) is 42.5 Å². The van der Waals surface area contributed by atoms with Gasteiger partial charge in [0.05, 0.1) is 5.57 Å². The van der Waals surface area contributed by atoms with Crippen LogP contribution in [-0.4, -0.2) is 5.78 Å². The van der Waals surface area contributed by atoms with Gasteiger partial charge in [-0.05, 0) is 48.1 Å². The largest absolute Gasteiger partial charge is 0.288 e. The predicted molar refractivity (Wildman–Crippen MR) is 84.0 cm³/mol. The van der Waals surface area contributed by atoms with Crippen LogP contribution in [0.15, 0.2) is 53.6 Å². The van der Waals surface area contributed by atoms with Crippen LogP contribution in [0.2, 0.25) is 0 Å². The molecule has 1 fully saturated rings. The molecule has 0 unspecified atom stereocenters. The van der Waals surface area contributed by atoms with Crippen molar-refractivity contribution in [3.63, 3.8) is 0 Å². The monoisotopic (exact) mass is 275 g/mol. The molecule has 2 nitrogen and oxygen atoms in total. The fourth-order valence-corrected chi connectivity index (χ4v) is 2.99. The summed E-state index contributed by atoms with van der Waals surface area (Å²) in [4.78, 5) is 12.6. The molecule has 0 amide bonds. The van der Waals surface area contributed by atoms with Crippen molar-refractivity contribution in [2.24, 2.45) is 0 Å². The van der Waals surface area contributed by atoms with Gasteiger partial charge in [0.1, 0.15) is 6.07 Å². The van der Waals surface area contributed by atoms with E-state index in [0.717, 1.165) is 42.0 Å². The normalized spacial score (nSPS) is 14.7. The molecule has 3 rings (SSSR count). The quantitative estimate of drug-likeness (QED) is 0.448. The van der Waals surface area contributed by atoms with Gasteiger partial charge in [0.25, 0.3) is 0 Å². The van der Waals surface area contributed by atoms with E-state index in [2.05, 4.69) is 6.07 Å². The van der Waals surface area contributed by atoms with Gasteiger partial charge in [0, 0.05) is 5.56 Å². The highest BCUT2D eigenvalue weighted by Crippen LogP contribution is 2.27. The second-order valence-electron chi connectivity index (χ2n) is 5.54. The molecule has 0 aliphatic heterocycles. The van der Waals surface area contributed by atoms with E-state index in [-0.39, 0.29) is 5.78 Å². The van der Waals surface area contributed by atoms with Crippen molar-refractivity contribution in [2.75, 3.05) is 0 Å². The van der Waals surface area contributed by atoms with Crippen LogP contribution < -0.4 is 0 Å². The lowest BCUT2D eigenvalue weighted by atomic mass is 9.88. The minimum Gasteiger partial charge on any atom is -0.288 e. The van der Waals surface area contributed by atoms with Crippen LogP contribution in [0.4, 0.5) is 0 Å². The molecule has 0 radical (unpaired) electrons. The molecule has 0 spiro atoms. The number of nitriles is 1. The summed E-state index contributed by atoms with van der Waals surface area (Å²) in [5, 5.41) is 11.5. The summed E-state index contributed by atoms with van der Waals surface area (Å²) in [5.41, 5.74) is 2.02. The van der Waals surface area contributed by atoms with Gasteiger partial charge in [0.15, 0.2) is 0 Å². The minimum atomic E-state index is -0.125. The van der Waals surface area contributed by atoms with Crippen LogP contribution in [0.3, 0.4) is 0 Å². The van der Waals surface area contributed by atoms with Crippen LogP contribution >= 0.6 is 0 Å². The molecule has 0 saturated heterocycles. The summed E-state index contributed by atoms with van der Waals surface area (Å²) in [5.74, 6) is -0.125. The Kier molecular flexibility index (Phi) is 3.83. The van der Waals surface area contributed by atoms with Gasteiger partial charge >= 0.3 is 0 Å². The molecular formula is C19H17NO. The third-order valence-corrected chi connectivity index (χ3v) is 4.16. The van der Waals surface area contributed by atoms with E-state index >= 15 is 0 Å². The van der Waals surface area contributed by atoms with Gasteiger partial charge in [-0.15, -0.1) is 0 Å². The summed E-state index contributed by atoms with van der Waals surface area (Å²) in [6.07, 6.45) is 5.16. The number of hydrogen-bond acceptors (Lipinski definition) is 2. The third kappa shape index (κ3) is 2.73. The molecule has 2 heteroatoms. The Labute approximate surface area is 124 Å². The minimum absolute atomic E-state index is 0.125. The number of benzene rings is 2. The van der Waals surface area contributed by atoms with Crippen molar-refractivity contribution in [3.05, 3.63) is 59.2 Å². The highest BCUT2D eigenvalue weighted by Gasteiger charge is 2.19. The number of ketones is 1. The first kappa shape index (κ1) is 13.6. The number of Topliss-reactive ketones (excluding diaryl/α,β-unsaturated/α-hetero) is 1. The van der Waals surface area contributed by atoms with Crippen molar-refractivity contribution in [2.45, 2.75) is 32.1 Å². The summed E-state index contributed by atoms with van der Waals surface area (Å²) < 4.78 is 0. The Morgan fingerprint density at radius 3 is 2.38 bits per heavy atom. The van der Waals surface area contributed by atoms with Crippen molar-refractivity contribution >= 4 is 16.6 Å². The Morgan fingerprint density at radius 2 is 1.67 bits per heavy atom. The molecular weight excluding hydrogens is 258 g/mol. The number of rotatable bonds is 2. The number of carbonyl (C=O) groups excluding carboxylic acids is 1. The van der Waals surface area contributed by atoms with E-state index in [9.17, 15) is 10.1 Å². The Morgan fingerprint density at radius 1 is 0.952 bits per heavy atom. The van der Waals surface area contributed by atoms with Crippen molar-refractivity contribution in [1.82, 2.24) is 0 Å². The average molecular weight is 275 g/mol. The van der Waals surface area contributed by atoms with Gasteiger partial charge < -0.3 is 0 Å². The lowest BCUT2D eigenvalue weighted by Gasteiger charge is -2.15. The molecule has 2 aromatic rings. The predicted octanol–water partition coefficient (Wildman–Crippen LogP) is 4.81. The van der Waals surface area contributed by atoms with Crippen LogP contribution in [0, 0.1) is 11.3 Å². The van der Waals surface area contributed by atoms with E-state index in [1.807, 2.05) is 42.5 Å². The van der Waals surface area contributed by atoms with Crippen LogP contribution in [-0.2, 0) is 0 Å². The summed E-state index contributed by atoms with van der Waals surface area (Å²) in [6, 6.07) is 15.8. The number of hydrogen-bond donors (Lipinski definition) is 0. The SMILES string of the molecule is N#CC(C(=O)c1ccc2ccccc2c1)=C1CCCCC1. The van der Waals surface area contributed by atoms with Crippen molar-refractivity contribution in [3.8, 4) is 6.07 Å². The maximum Gasteiger partial charge on any atom is 0.203 e. The molecule has 2 aromatic carbocycles. The molecule has 0 N–H and O–H groups in total. The first-order valence-corrected chi connectivity index (χ1v) is 7.45. The number of allylic oxidation sites excluding steroid dienone is 2. The zero-order valence-corrected chi connectivity index (χ0v) is 11.9. The summed E-state index contributed by atoms with van der Waals surface area (Å²) in [7, 11) is 0. The van der Waals surface area contributed by atoms with E-state index in [1.165, 1.54) is 6.42 Å². The number of nitrogens with zero attached hydrogens (tertiary/aromatic N) is 1. The fraction of sp³-hybridized carbons (Fsp3) is 0.263. The van der Waals surface area contributed by atoms with E-state index < -0.39 is 0 Å².